The SMILES string of the molecule is CC(C)C(C)NC(=O)C1CCN(CC(=O)NC2CCCc3ccccc32)CC1. The topological polar surface area (TPSA) is 61.4 Å². The largest absolute Gasteiger partial charge is 0.353 e. The van der Waals surface area contributed by atoms with E-state index in [4.69, 9.17) is 0 Å². The highest BCUT2D eigenvalue weighted by atomic mass is 16.2. The van der Waals surface area contributed by atoms with Crippen molar-refractivity contribution >= 4 is 11.8 Å². The first kappa shape index (κ1) is 20.8. The summed E-state index contributed by atoms with van der Waals surface area (Å²) in [6.07, 6.45) is 4.90. The molecule has 0 bridgehead atoms. The number of amides is 2. The van der Waals surface area contributed by atoms with E-state index in [0.29, 0.717) is 12.5 Å². The fourth-order valence-electron chi connectivity index (χ4n) is 4.21. The molecule has 1 heterocycles. The molecule has 5 heteroatoms. The normalized spacial score (nSPS) is 21.8. The Morgan fingerprint density at radius 3 is 2.54 bits per heavy atom. The zero-order valence-corrected chi connectivity index (χ0v) is 17.5. The molecule has 2 N–H and O–H groups in total. The summed E-state index contributed by atoms with van der Waals surface area (Å²) in [4.78, 5) is 27.2. The van der Waals surface area contributed by atoms with Crippen molar-refractivity contribution in [3.05, 3.63) is 35.4 Å². The highest BCUT2D eigenvalue weighted by Crippen LogP contribution is 2.29. The second-order valence-electron chi connectivity index (χ2n) is 8.80. The lowest BCUT2D eigenvalue weighted by Gasteiger charge is -2.32. The molecule has 2 aliphatic rings. The van der Waals surface area contributed by atoms with Gasteiger partial charge in [0.05, 0.1) is 12.6 Å². The van der Waals surface area contributed by atoms with E-state index in [0.717, 1.165) is 45.2 Å². The van der Waals surface area contributed by atoms with Gasteiger partial charge in [-0.15, -0.1) is 0 Å². The molecule has 1 saturated heterocycles. The Labute approximate surface area is 169 Å². The van der Waals surface area contributed by atoms with Crippen molar-refractivity contribution in [1.29, 1.82) is 0 Å². The van der Waals surface area contributed by atoms with Crippen LogP contribution in [0.25, 0.3) is 0 Å². The summed E-state index contributed by atoms with van der Waals surface area (Å²) in [5.74, 6) is 0.783. The molecule has 2 amide bonds. The van der Waals surface area contributed by atoms with Crippen molar-refractivity contribution in [2.45, 2.75) is 65.0 Å². The third-order valence-electron chi connectivity index (χ3n) is 6.40. The van der Waals surface area contributed by atoms with Gasteiger partial charge in [0, 0.05) is 12.0 Å². The predicted octanol–water partition coefficient (Wildman–Crippen LogP) is 3.05. The Morgan fingerprint density at radius 1 is 1.11 bits per heavy atom. The summed E-state index contributed by atoms with van der Waals surface area (Å²) in [5, 5.41) is 6.37. The van der Waals surface area contributed by atoms with Crippen LogP contribution in [-0.4, -0.2) is 42.4 Å². The average Bonchev–Trinajstić information content (AvgIpc) is 2.68. The molecular formula is C23H35N3O2. The lowest BCUT2D eigenvalue weighted by atomic mass is 9.88. The number of carbonyl (C=O) groups is 2. The molecule has 0 radical (unpaired) electrons. The second kappa shape index (κ2) is 9.55. The van der Waals surface area contributed by atoms with Crippen LogP contribution in [-0.2, 0) is 16.0 Å². The Kier molecular flexibility index (Phi) is 7.11. The molecule has 1 aromatic rings. The van der Waals surface area contributed by atoms with Crippen LogP contribution >= 0.6 is 0 Å². The van der Waals surface area contributed by atoms with Gasteiger partial charge in [0.25, 0.3) is 0 Å². The van der Waals surface area contributed by atoms with E-state index in [9.17, 15) is 9.59 Å². The number of benzene rings is 1. The molecule has 1 aliphatic heterocycles. The highest BCUT2D eigenvalue weighted by molar-refractivity contribution is 5.80. The molecule has 154 valence electrons. The van der Waals surface area contributed by atoms with E-state index in [1.807, 2.05) is 0 Å². The molecule has 1 aliphatic carbocycles. The van der Waals surface area contributed by atoms with Gasteiger partial charge in [0.15, 0.2) is 0 Å². The highest BCUT2D eigenvalue weighted by Gasteiger charge is 2.28. The summed E-state index contributed by atoms with van der Waals surface area (Å²) >= 11 is 0. The van der Waals surface area contributed by atoms with Crippen molar-refractivity contribution in [2.24, 2.45) is 11.8 Å². The maximum Gasteiger partial charge on any atom is 0.234 e. The van der Waals surface area contributed by atoms with Crippen LogP contribution in [0.5, 0.6) is 0 Å². The Bertz CT molecular complexity index is 680. The standard InChI is InChI=1S/C23H35N3O2/c1-16(2)17(3)24-23(28)19-11-13-26(14-12-19)15-22(27)25-21-10-6-8-18-7-4-5-9-20(18)21/h4-5,7,9,16-17,19,21H,6,8,10-15H2,1-3H3,(H,24,28)(H,25,27). The maximum absolute atomic E-state index is 12.6. The van der Waals surface area contributed by atoms with Gasteiger partial charge in [-0.3, -0.25) is 14.5 Å². The van der Waals surface area contributed by atoms with Gasteiger partial charge < -0.3 is 10.6 Å². The maximum atomic E-state index is 12.6. The van der Waals surface area contributed by atoms with Gasteiger partial charge in [-0.25, -0.2) is 0 Å². The third-order valence-corrected chi connectivity index (χ3v) is 6.40. The fraction of sp³-hybridized carbons (Fsp3) is 0.652. The van der Waals surface area contributed by atoms with Gasteiger partial charge in [-0.05, 0) is 69.2 Å². The van der Waals surface area contributed by atoms with E-state index >= 15 is 0 Å². The lowest BCUT2D eigenvalue weighted by Crippen LogP contribution is -2.47. The molecule has 2 atom stereocenters. The summed E-state index contributed by atoms with van der Waals surface area (Å²) < 4.78 is 0. The van der Waals surface area contributed by atoms with Crippen LogP contribution in [0.1, 0.15) is 63.6 Å². The molecule has 0 saturated carbocycles. The van der Waals surface area contributed by atoms with Crippen LogP contribution in [0.4, 0.5) is 0 Å². The fourth-order valence-corrected chi connectivity index (χ4v) is 4.21. The predicted molar refractivity (Wildman–Crippen MR) is 112 cm³/mol. The molecule has 2 unspecified atom stereocenters. The number of carbonyl (C=O) groups excluding carboxylic acids is 2. The molecule has 1 fully saturated rings. The smallest absolute Gasteiger partial charge is 0.234 e. The van der Waals surface area contributed by atoms with Crippen molar-refractivity contribution in [3.8, 4) is 0 Å². The van der Waals surface area contributed by atoms with Crippen LogP contribution < -0.4 is 10.6 Å². The molecule has 0 aromatic heterocycles. The number of piperidine rings is 1. The average molecular weight is 386 g/mol. The van der Waals surface area contributed by atoms with Gasteiger partial charge in [-0.1, -0.05) is 38.1 Å². The minimum atomic E-state index is 0.0748. The van der Waals surface area contributed by atoms with E-state index < -0.39 is 0 Å². The molecule has 0 spiro atoms. The minimum absolute atomic E-state index is 0.0748. The first-order valence-electron chi connectivity index (χ1n) is 10.8. The van der Waals surface area contributed by atoms with E-state index in [-0.39, 0.29) is 29.8 Å². The number of nitrogens with one attached hydrogen (secondary N) is 2. The van der Waals surface area contributed by atoms with Crippen molar-refractivity contribution in [2.75, 3.05) is 19.6 Å². The number of hydrogen-bond acceptors (Lipinski definition) is 3. The van der Waals surface area contributed by atoms with Crippen molar-refractivity contribution in [1.82, 2.24) is 15.5 Å². The summed E-state index contributed by atoms with van der Waals surface area (Å²) in [6.45, 7) is 8.35. The Hall–Kier alpha value is -1.88. The lowest BCUT2D eigenvalue weighted by molar-refractivity contribution is -0.127. The molecular weight excluding hydrogens is 350 g/mol. The van der Waals surface area contributed by atoms with Crippen LogP contribution in [0.2, 0.25) is 0 Å². The zero-order valence-electron chi connectivity index (χ0n) is 17.5. The van der Waals surface area contributed by atoms with Crippen molar-refractivity contribution < 1.29 is 9.59 Å². The summed E-state index contributed by atoms with van der Waals surface area (Å²) in [5.41, 5.74) is 2.64. The summed E-state index contributed by atoms with van der Waals surface area (Å²) in [6, 6.07) is 8.78. The van der Waals surface area contributed by atoms with Gasteiger partial charge in [-0.2, -0.15) is 0 Å². The van der Waals surface area contributed by atoms with Crippen LogP contribution in [0, 0.1) is 11.8 Å². The quantitative estimate of drug-likeness (QED) is 0.791. The number of rotatable bonds is 6. The number of hydrogen-bond donors (Lipinski definition) is 2. The molecule has 28 heavy (non-hydrogen) atoms. The zero-order chi connectivity index (χ0) is 20.1. The van der Waals surface area contributed by atoms with E-state index in [1.165, 1.54) is 11.1 Å². The van der Waals surface area contributed by atoms with Crippen LogP contribution in [0.3, 0.4) is 0 Å². The van der Waals surface area contributed by atoms with E-state index in [1.54, 1.807) is 0 Å². The first-order valence-corrected chi connectivity index (χ1v) is 10.8. The molecule has 1 aromatic carbocycles. The number of fused-ring (bicyclic) bond motifs is 1. The van der Waals surface area contributed by atoms with Crippen LogP contribution in [0.15, 0.2) is 24.3 Å². The van der Waals surface area contributed by atoms with Gasteiger partial charge >= 0.3 is 0 Å². The number of likely N-dealkylation sites (tertiary alicyclic amines) is 1. The minimum Gasteiger partial charge on any atom is -0.353 e. The number of aryl methyl sites for hydroxylation is 1. The van der Waals surface area contributed by atoms with Gasteiger partial charge in [0.1, 0.15) is 0 Å². The summed E-state index contributed by atoms with van der Waals surface area (Å²) in [7, 11) is 0. The molecule has 5 nitrogen and oxygen atoms in total. The molecule has 3 rings (SSSR count). The Morgan fingerprint density at radius 2 is 1.82 bits per heavy atom. The second-order valence-corrected chi connectivity index (χ2v) is 8.80. The van der Waals surface area contributed by atoms with Crippen molar-refractivity contribution in [3.63, 3.8) is 0 Å². The number of nitrogens with zero attached hydrogens (tertiary/aromatic N) is 1. The monoisotopic (exact) mass is 385 g/mol. The van der Waals surface area contributed by atoms with Gasteiger partial charge in [0.2, 0.25) is 11.8 Å². The Balaban J connectivity index is 1.44. The first-order chi connectivity index (χ1) is 13.4. The third kappa shape index (κ3) is 5.34. The van der Waals surface area contributed by atoms with E-state index in [2.05, 4.69) is 60.6 Å².